The normalized spacial score (nSPS) is 12.4. The van der Waals surface area contributed by atoms with Crippen LogP contribution in [0.2, 0.25) is 0 Å². The smallest absolute Gasteiger partial charge is 0.0601 e. The first-order valence-corrected chi connectivity index (χ1v) is 6.87. The predicted octanol–water partition coefficient (Wildman–Crippen LogP) is 2.18. The van der Waals surface area contributed by atoms with Gasteiger partial charge < -0.3 is 15.3 Å². The summed E-state index contributed by atoms with van der Waals surface area (Å²) in [5.74, 6) is 0. The minimum atomic E-state index is 0.145. The Labute approximate surface area is 111 Å². The summed E-state index contributed by atoms with van der Waals surface area (Å²) in [6.45, 7) is 9.31. The summed E-state index contributed by atoms with van der Waals surface area (Å²) in [5, 5.41) is 12.8. The lowest BCUT2D eigenvalue weighted by atomic mass is 10.2. The molecule has 3 heteroatoms. The summed E-state index contributed by atoms with van der Waals surface area (Å²) in [5.41, 5.74) is 2.50. The molecule has 0 aliphatic rings. The second-order valence-corrected chi connectivity index (χ2v) is 4.71. The number of benzene rings is 1. The van der Waals surface area contributed by atoms with Gasteiger partial charge in [0.05, 0.1) is 6.61 Å². The molecule has 1 atom stereocenters. The van der Waals surface area contributed by atoms with Gasteiger partial charge in [0.2, 0.25) is 0 Å². The zero-order valence-corrected chi connectivity index (χ0v) is 11.8. The predicted molar refractivity (Wildman–Crippen MR) is 78.2 cm³/mol. The zero-order valence-electron chi connectivity index (χ0n) is 11.8. The van der Waals surface area contributed by atoms with Crippen LogP contribution in [0.3, 0.4) is 0 Å². The van der Waals surface area contributed by atoms with E-state index in [9.17, 15) is 5.11 Å². The lowest BCUT2D eigenvalue weighted by Gasteiger charge is -2.28. The molecule has 0 heterocycles. The van der Waals surface area contributed by atoms with Crippen molar-refractivity contribution in [2.45, 2.75) is 33.2 Å². The highest BCUT2D eigenvalue weighted by molar-refractivity contribution is 5.47. The van der Waals surface area contributed by atoms with E-state index in [1.54, 1.807) is 0 Å². The van der Waals surface area contributed by atoms with Crippen LogP contribution in [0.15, 0.2) is 24.3 Å². The summed E-state index contributed by atoms with van der Waals surface area (Å²) < 4.78 is 0. The third-order valence-corrected chi connectivity index (χ3v) is 3.13. The van der Waals surface area contributed by atoms with Crippen molar-refractivity contribution in [3.05, 3.63) is 29.8 Å². The van der Waals surface area contributed by atoms with E-state index in [4.69, 9.17) is 0 Å². The third kappa shape index (κ3) is 4.67. The second kappa shape index (κ2) is 8.11. The third-order valence-electron chi connectivity index (χ3n) is 3.13. The van der Waals surface area contributed by atoms with E-state index in [2.05, 4.69) is 55.3 Å². The van der Waals surface area contributed by atoms with Crippen LogP contribution in [0.4, 0.5) is 5.69 Å². The van der Waals surface area contributed by atoms with E-state index in [0.717, 1.165) is 26.1 Å². The first-order valence-electron chi connectivity index (χ1n) is 6.87. The Bertz CT molecular complexity index is 324. The fraction of sp³-hybridized carbons (Fsp3) is 0.600. The average Bonchev–Trinajstić information content (AvgIpc) is 2.40. The Morgan fingerprint density at radius 1 is 1.22 bits per heavy atom. The highest BCUT2D eigenvalue weighted by Gasteiger charge is 2.11. The number of anilines is 1. The van der Waals surface area contributed by atoms with Crippen molar-refractivity contribution in [1.82, 2.24) is 5.32 Å². The second-order valence-electron chi connectivity index (χ2n) is 4.71. The lowest BCUT2D eigenvalue weighted by molar-refractivity contribution is 0.244. The van der Waals surface area contributed by atoms with Crippen molar-refractivity contribution >= 4 is 5.69 Å². The number of likely N-dealkylation sites (N-methyl/N-ethyl adjacent to an activating group) is 1. The standard InChI is InChI=1S/C15H26N2O/c1-4-10-16-14(12-18)11-17(5-2)15-8-6-13(3)7-9-15/h6-9,14,16,18H,4-5,10-12H2,1-3H3. The van der Waals surface area contributed by atoms with Crippen molar-refractivity contribution in [2.75, 3.05) is 31.1 Å². The molecule has 0 bridgehead atoms. The molecule has 0 fully saturated rings. The van der Waals surface area contributed by atoms with Crippen molar-refractivity contribution in [3.8, 4) is 0 Å². The quantitative estimate of drug-likeness (QED) is 0.742. The first-order chi connectivity index (χ1) is 8.71. The Balaban J connectivity index is 2.62. The number of hydrogen-bond acceptors (Lipinski definition) is 3. The van der Waals surface area contributed by atoms with E-state index >= 15 is 0 Å². The molecule has 0 spiro atoms. The van der Waals surface area contributed by atoms with Crippen molar-refractivity contribution in [1.29, 1.82) is 0 Å². The molecule has 1 rings (SSSR count). The number of aliphatic hydroxyl groups is 1. The van der Waals surface area contributed by atoms with E-state index in [-0.39, 0.29) is 12.6 Å². The van der Waals surface area contributed by atoms with E-state index in [1.807, 2.05) is 0 Å². The number of rotatable bonds is 8. The maximum atomic E-state index is 9.40. The Morgan fingerprint density at radius 3 is 2.39 bits per heavy atom. The van der Waals surface area contributed by atoms with Gasteiger partial charge in [0, 0.05) is 24.8 Å². The van der Waals surface area contributed by atoms with Gasteiger partial charge in [0.1, 0.15) is 0 Å². The first kappa shape index (κ1) is 15.0. The van der Waals surface area contributed by atoms with E-state index in [1.165, 1.54) is 11.3 Å². The van der Waals surface area contributed by atoms with Gasteiger partial charge in [-0.15, -0.1) is 0 Å². The average molecular weight is 250 g/mol. The van der Waals surface area contributed by atoms with Gasteiger partial charge in [0.25, 0.3) is 0 Å². The minimum absolute atomic E-state index is 0.145. The maximum absolute atomic E-state index is 9.40. The van der Waals surface area contributed by atoms with Crippen LogP contribution >= 0.6 is 0 Å². The van der Waals surface area contributed by atoms with Gasteiger partial charge >= 0.3 is 0 Å². The summed E-state index contributed by atoms with van der Waals surface area (Å²) in [4.78, 5) is 2.29. The van der Waals surface area contributed by atoms with Crippen molar-refractivity contribution in [3.63, 3.8) is 0 Å². The van der Waals surface area contributed by atoms with Crippen molar-refractivity contribution < 1.29 is 5.11 Å². The topological polar surface area (TPSA) is 35.5 Å². The summed E-state index contributed by atoms with van der Waals surface area (Å²) in [6.07, 6.45) is 1.09. The molecule has 18 heavy (non-hydrogen) atoms. The summed E-state index contributed by atoms with van der Waals surface area (Å²) >= 11 is 0. The van der Waals surface area contributed by atoms with E-state index in [0.29, 0.717) is 0 Å². The lowest BCUT2D eigenvalue weighted by Crippen LogP contribution is -2.43. The van der Waals surface area contributed by atoms with Crippen molar-refractivity contribution in [2.24, 2.45) is 0 Å². The van der Waals surface area contributed by atoms with Gasteiger partial charge in [-0.05, 0) is 38.9 Å². The molecule has 1 aromatic carbocycles. The number of nitrogens with one attached hydrogen (secondary N) is 1. The van der Waals surface area contributed by atoms with Gasteiger partial charge in [-0.2, -0.15) is 0 Å². The molecule has 1 aromatic rings. The van der Waals surface area contributed by atoms with Crippen LogP contribution < -0.4 is 10.2 Å². The molecule has 3 nitrogen and oxygen atoms in total. The van der Waals surface area contributed by atoms with Crippen LogP contribution in [-0.2, 0) is 0 Å². The molecule has 102 valence electrons. The molecular weight excluding hydrogens is 224 g/mol. The Hall–Kier alpha value is -1.06. The largest absolute Gasteiger partial charge is 0.395 e. The summed E-state index contributed by atoms with van der Waals surface area (Å²) in [7, 11) is 0. The molecule has 2 N–H and O–H groups in total. The molecule has 0 saturated carbocycles. The Morgan fingerprint density at radius 2 is 1.89 bits per heavy atom. The minimum Gasteiger partial charge on any atom is -0.395 e. The highest BCUT2D eigenvalue weighted by atomic mass is 16.3. The molecule has 0 aliphatic heterocycles. The van der Waals surface area contributed by atoms with Crippen LogP contribution in [-0.4, -0.2) is 37.4 Å². The molecule has 0 radical (unpaired) electrons. The molecule has 0 saturated heterocycles. The number of aliphatic hydroxyl groups excluding tert-OH is 1. The van der Waals surface area contributed by atoms with Crippen LogP contribution in [0.25, 0.3) is 0 Å². The monoisotopic (exact) mass is 250 g/mol. The van der Waals surface area contributed by atoms with Crippen LogP contribution in [0.1, 0.15) is 25.8 Å². The SMILES string of the molecule is CCCNC(CO)CN(CC)c1ccc(C)cc1. The summed E-state index contributed by atoms with van der Waals surface area (Å²) in [6, 6.07) is 8.70. The number of aryl methyl sites for hydroxylation is 1. The molecule has 1 unspecified atom stereocenters. The molecule has 0 amide bonds. The maximum Gasteiger partial charge on any atom is 0.0601 e. The van der Waals surface area contributed by atoms with Crippen LogP contribution in [0, 0.1) is 6.92 Å². The van der Waals surface area contributed by atoms with Gasteiger partial charge in [-0.3, -0.25) is 0 Å². The fourth-order valence-corrected chi connectivity index (χ4v) is 1.97. The van der Waals surface area contributed by atoms with Crippen LogP contribution in [0.5, 0.6) is 0 Å². The van der Waals surface area contributed by atoms with Gasteiger partial charge in [-0.1, -0.05) is 24.6 Å². The van der Waals surface area contributed by atoms with Gasteiger partial charge in [-0.25, -0.2) is 0 Å². The van der Waals surface area contributed by atoms with E-state index < -0.39 is 0 Å². The molecule has 0 aromatic heterocycles. The fourth-order valence-electron chi connectivity index (χ4n) is 1.97. The molecular formula is C15H26N2O. The highest BCUT2D eigenvalue weighted by Crippen LogP contribution is 2.15. The zero-order chi connectivity index (χ0) is 13.4. The van der Waals surface area contributed by atoms with Gasteiger partial charge in [0.15, 0.2) is 0 Å². The Kier molecular flexibility index (Phi) is 6.76. The number of hydrogen-bond donors (Lipinski definition) is 2. The molecule has 0 aliphatic carbocycles. The number of nitrogens with zero attached hydrogens (tertiary/aromatic N) is 1.